The molecule has 0 heterocycles. The molecule has 7 nitrogen and oxygen atoms in total. The van der Waals surface area contributed by atoms with Crippen LogP contribution >= 0.6 is 0 Å². The summed E-state index contributed by atoms with van der Waals surface area (Å²) >= 11 is 0. The molecule has 0 bridgehead atoms. The van der Waals surface area contributed by atoms with E-state index in [2.05, 4.69) is 0 Å². The number of aliphatic carboxylic acids is 1. The molecule has 0 radical (unpaired) electrons. The third-order valence-electron chi connectivity index (χ3n) is 5.58. The number of ketones is 5. The molecule has 0 aliphatic carbocycles. The lowest BCUT2D eigenvalue weighted by Gasteiger charge is -2.17. The van der Waals surface area contributed by atoms with E-state index in [4.69, 9.17) is 5.11 Å². The third kappa shape index (κ3) is 9.55. The molecule has 0 rings (SSSR count). The highest BCUT2D eigenvalue weighted by Gasteiger charge is 2.28. The average molecular weight is 425 g/mol. The molecule has 0 saturated heterocycles. The summed E-state index contributed by atoms with van der Waals surface area (Å²) in [7, 11) is 0. The van der Waals surface area contributed by atoms with Crippen LogP contribution < -0.4 is 0 Å². The molecular weight excluding hydrogens is 388 g/mol. The molecule has 1 N–H and O–H groups in total. The molecule has 0 aliphatic heterocycles. The maximum absolute atomic E-state index is 12.4. The van der Waals surface area contributed by atoms with Gasteiger partial charge in [-0.15, -0.1) is 0 Å². The molecule has 0 aliphatic rings. The zero-order valence-corrected chi connectivity index (χ0v) is 19.0. The largest absolute Gasteiger partial charge is 0.481 e. The van der Waals surface area contributed by atoms with Gasteiger partial charge in [-0.25, -0.2) is 0 Å². The highest BCUT2D eigenvalue weighted by molar-refractivity contribution is 6.00. The van der Waals surface area contributed by atoms with Crippen LogP contribution in [0.5, 0.6) is 0 Å². The van der Waals surface area contributed by atoms with E-state index in [1.54, 1.807) is 27.7 Å². The number of carboxylic acid groups (broad SMARTS) is 1. The number of carboxylic acids is 1. The van der Waals surface area contributed by atoms with E-state index in [0.29, 0.717) is 6.42 Å². The summed E-state index contributed by atoms with van der Waals surface area (Å²) < 4.78 is 0. The number of rotatable bonds is 16. The normalized spacial score (nSPS) is 16.1. The Balaban J connectivity index is 4.63. The maximum atomic E-state index is 12.4. The van der Waals surface area contributed by atoms with Crippen LogP contribution in [0, 0.1) is 29.6 Å². The molecule has 0 aromatic rings. The van der Waals surface area contributed by atoms with Crippen molar-refractivity contribution in [3.63, 3.8) is 0 Å². The number of carbonyl (C=O) groups excluding carboxylic acids is 5. The zero-order chi connectivity index (χ0) is 23.6. The van der Waals surface area contributed by atoms with Gasteiger partial charge in [0.15, 0.2) is 0 Å². The van der Waals surface area contributed by atoms with E-state index >= 15 is 0 Å². The number of carbonyl (C=O) groups is 6. The van der Waals surface area contributed by atoms with Crippen molar-refractivity contribution >= 4 is 34.9 Å². The minimum absolute atomic E-state index is 0.00529. The Morgan fingerprint density at radius 2 is 0.867 bits per heavy atom. The first-order valence-corrected chi connectivity index (χ1v) is 10.7. The molecule has 0 saturated carbocycles. The average Bonchev–Trinajstić information content (AvgIpc) is 2.66. The minimum Gasteiger partial charge on any atom is -0.481 e. The van der Waals surface area contributed by atoms with Crippen molar-refractivity contribution in [3.05, 3.63) is 0 Å². The fraction of sp³-hybridized carbons (Fsp3) is 0.739. The van der Waals surface area contributed by atoms with Crippen LogP contribution in [0.4, 0.5) is 0 Å². The molecule has 5 unspecified atom stereocenters. The Morgan fingerprint density at radius 1 is 0.567 bits per heavy atom. The molecule has 170 valence electrons. The van der Waals surface area contributed by atoms with E-state index in [1.165, 1.54) is 6.92 Å². The predicted molar refractivity (Wildman–Crippen MR) is 112 cm³/mol. The lowest BCUT2D eigenvalue weighted by atomic mass is 9.85. The number of hydrogen-bond donors (Lipinski definition) is 1. The SMILES string of the molecule is CCCC(=O)C(C)CC(=O)C(C)CC(=O)C(C)CC(=O)C(C)CC(=O)C(C)C(=O)O. The van der Waals surface area contributed by atoms with Crippen molar-refractivity contribution in [2.75, 3.05) is 0 Å². The van der Waals surface area contributed by atoms with E-state index in [1.807, 2.05) is 6.92 Å². The van der Waals surface area contributed by atoms with Crippen molar-refractivity contribution in [1.82, 2.24) is 0 Å². The van der Waals surface area contributed by atoms with Crippen molar-refractivity contribution < 1.29 is 33.9 Å². The minimum atomic E-state index is -1.23. The summed E-state index contributed by atoms with van der Waals surface area (Å²) in [6.45, 7) is 9.72. The van der Waals surface area contributed by atoms with Gasteiger partial charge in [-0.1, -0.05) is 34.6 Å². The Hall–Kier alpha value is -2.18. The van der Waals surface area contributed by atoms with Crippen molar-refractivity contribution in [3.8, 4) is 0 Å². The smallest absolute Gasteiger partial charge is 0.313 e. The summed E-state index contributed by atoms with van der Waals surface area (Å²) in [4.78, 5) is 71.7. The van der Waals surface area contributed by atoms with Crippen LogP contribution in [0.25, 0.3) is 0 Å². The monoisotopic (exact) mass is 424 g/mol. The fourth-order valence-electron chi connectivity index (χ4n) is 3.07. The fourth-order valence-corrected chi connectivity index (χ4v) is 3.07. The van der Waals surface area contributed by atoms with Crippen molar-refractivity contribution in [2.24, 2.45) is 29.6 Å². The van der Waals surface area contributed by atoms with Gasteiger partial charge in [-0.2, -0.15) is 0 Å². The molecule has 0 spiro atoms. The van der Waals surface area contributed by atoms with Gasteiger partial charge in [0.2, 0.25) is 0 Å². The Labute approximate surface area is 179 Å². The molecular formula is C23H36O7. The van der Waals surface area contributed by atoms with E-state index < -0.39 is 35.4 Å². The van der Waals surface area contributed by atoms with Gasteiger partial charge in [0, 0.05) is 55.8 Å². The molecule has 30 heavy (non-hydrogen) atoms. The highest BCUT2D eigenvalue weighted by atomic mass is 16.4. The van der Waals surface area contributed by atoms with Crippen LogP contribution in [-0.4, -0.2) is 40.0 Å². The van der Waals surface area contributed by atoms with E-state index in [9.17, 15) is 28.8 Å². The van der Waals surface area contributed by atoms with Crippen LogP contribution in [-0.2, 0) is 28.8 Å². The molecule has 0 aromatic carbocycles. The Bertz CT molecular complexity index is 664. The van der Waals surface area contributed by atoms with E-state index in [0.717, 1.165) is 6.42 Å². The first-order valence-electron chi connectivity index (χ1n) is 10.7. The van der Waals surface area contributed by atoms with Gasteiger partial charge in [0.05, 0.1) is 0 Å². The quantitative estimate of drug-likeness (QED) is 0.376. The molecule has 0 aromatic heterocycles. The lowest BCUT2D eigenvalue weighted by Crippen LogP contribution is -2.27. The second-order valence-corrected chi connectivity index (χ2v) is 8.56. The van der Waals surface area contributed by atoms with Crippen molar-refractivity contribution in [2.45, 2.75) is 80.1 Å². The van der Waals surface area contributed by atoms with Gasteiger partial charge in [0.1, 0.15) is 34.8 Å². The van der Waals surface area contributed by atoms with Crippen molar-refractivity contribution in [1.29, 1.82) is 0 Å². The van der Waals surface area contributed by atoms with Gasteiger partial charge >= 0.3 is 5.97 Å². The summed E-state index contributed by atoms with van der Waals surface area (Å²) in [6.07, 6.45) is 1.06. The first-order chi connectivity index (χ1) is 13.8. The molecule has 0 fully saturated rings. The van der Waals surface area contributed by atoms with E-state index in [-0.39, 0.29) is 54.7 Å². The Kier molecular flexibility index (Phi) is 12.2. The first kappa shape index (κ1) is 27.8. The predicted octanol–water partition coefficient (Wildman–Crippen LogP) is 3.46. The topological polar surface area (TPSA) is 123 Å². The van der Waals surface area contributed by atoms with Crippen LogP contribution in [0.3, 0.4) is 0 Å². The standard InChI is InChI=1S/C23H36O7/c1-7-8-18(24)13(2)9-19(25)14(3)10-20(26)15(4)11-21(27)16(5)12-22(28)17(6)23(29)30/h13-17H,7-12H2,1-6H3,(H,29,30). The van der Waals surface area contributed by atoms with Crippen LogP contribution in [0.15, 0.2) is 0 Å². The summed E-state index contributed by atoms with van der Waals surface area (Å²) in [5, 5.41) is 8.87. The number of hydrogen-bond acceptors (Lipinski definition) is 6. The zero-order valence-electron chi connectivity index (χ0n) is 19.0. The van der Waals surface area contributed by atoms with Gasteiger partial charge in [0.25, 0.3) is 0 Å². The summed E-state index contributed by atoms with van der Waals surface area (Å²) in [6, 6.07) is 0. The Morgan fingerprint density at radius 3 is 1.17 bits per heavy atom. The lowest BCUT2D eigenvalue weighted by molar-refractivity contribution is -0.146. The molecule has 0 amide bonds. The second-order valence-electron chi connectivity index (χ2n) is 8.56. The maximum Gasteiger partial charge on any atom is 0.313 e. The summed E-state index contributed by atoms with van der Waals surface area (Å²) in [5.41, 5.74) is 0. The molecule has 5 atom stereocenters. The van der Waals surface area contributed by atoms with Gasteiger partial charge in [-0.3, -0.25) is 28.8 Å². The van der Waals surface area contributed by atoms with Crippen LogP contribution in [0.1, 0.15) is 80.1 Å². The summed E-state index contributed by atoms with van der Waals surface area (Å²) in [5.74, 6) is -5.65. The highest BCUT2D eigenvalue weighted by Crippen LogP contribution is 2.20. The molecule has 7 heteroatoms. The third-order valence-corrected chi connectivity index (χ3v) is 5.58. The van der Waals surface area contributed by atoms with Crippen LogP contribution in [0.2, 0.25) is 0 Å². The van der Waals surface area contributed by atoms with Gasteiger partial charge < -0.3 is 5.11 Å². The number of Topliss-reactive ketones (excluding diaryl/α,β-unsaturated/α-hetero) is 5. The van der Waals surface area contributed by atoms with Gasteiger partial charge in [-0.05, 0) is 13.3 Å². The second kappa shape index (κ2) is 13.2.